The average molecular weight is 787 g/mol. The lowest BCUT2D eigenvalue weighted by atomic mass is 9.45. The zero-order chi connectivity index (χ0) is 39.6. The van der Waals surface area contributed by atoms with Gasteiger partial charge in [0, 0.05) is 64.2 Å². The molecule has 0 amide bonds. The molecule has 4 nitrogen and oxygen atoms in total. The molecule has 0 saturated heterocycles. The molecular weight excluding hydrogens is 751 g/mol. The molecule has 0 N–H and O–H groups in total. The van der Waals surface area contributed by atoms with Crippen molar-refractivity contribution in [2.75, 3.05) is 4.90 Å². The van der Waals surface area contributed by atoms with Gasteiger partial charge in [-0.2, -0.15) is 0 Å². The molecule has 0 atom stereocenters. The first kappa shape index (κ1) is 32.9. The Hall–Kier alpha value is -7.02. The molecule has 6 heteroatoms. The molecule has 0 unspecified atom stereocenters. The molecule has 60 heavy (non-hydrogen) atoms. The number of thiophene rings is 1. The highest BCUT2D eigenvalue weighted by molar-refractivity contribution is 7.26. The number of hydrogen-bond donors (Lipinski definition) is 0. The van der Waals surface area contributed by atoms with Crippen LogP contribution in [-0.4, -0.2) is 11.3 Å². The third kappa shape index (κ3) is 4.11. The Labute approximate surface area is 349 Å². The monoisotopic (exact) mass is 786 g/mol. The zero-order valence-electron chi connectivity index (χ0n) is 33.2. The summed E-state index contributed by atoms with van der Waals surface area (Å²) in [6.45, 7) is 6.76. The average Bonchev–Trinajstić information content (AvgIpc) is 4.04. The number of hydrogen-bond acceptors (Lipinski definition) is 4. The molecule has 12 aromatic rings. The summed E-state index contributed by atoms with van der Waals surface area (Å²) < 4.78 is 18.9. The lowest BCUT2D eigenvalue weighted by molar-refractivity contribution is 0.590. The van der Waals surface area contributed by atoms with Crippen LogP contribution < -0.4 is 15.8 Å². The zero-order valence-corrected chi connectivity index (χ0v) is 34.0. The summed E-state index contributed by atoms with van der Waals surface area (Å²) in [6, 6.07) is 58.0. The number of para-hydroxylation sites is 3. The number of aromatic nitrogens is 1. The van der Waals surface area contributed by atoms with Crippen LogP contribution in [0.15, 0.2) is 167 Å². The molecular formula is C54H35BN2O2S. The first-order valence-electron chi connectivity index (χ1n) is 20.8. The maximum atomic E-state index is 6.86. The fraction of sp³-hybridized carbons (Fsp3) is 0.0741. The smallest absolute Gasteiger partial charge is 0.333 e. The maximum absolute atomic E-state index is 6.86. The van der Waals surface area contributed by atoms with Crippen LogP contribution in [0.3, 0.4) is 0 Å². The fourth-order valence-electron chi connectivity index (χ4n) is 10.7. The highest BCUT2D eigenvalue weighted by Crippen LogP contribution is 2.54. The van der Waals surface area contributed by atoms with Crippen LogP contribution in [0.2, 0.25) is 0 Å². The molecule has 2 aliphatic heterocycles. The Morgan fingerprint density at radius 1 is 0.550 bits per heavy atom. The number of furan rings is 2. The molecule has 0 spiro atoms. The van der Waals surface area contributed by atoms with Crippen LogP contribution in [0.1, 0.15) is 26.3 Å². The van der Waals surface area contributed by atoms with E-state index in [1.807, 2.05) is 11.3 Å². The molecule has 0 saturated carbocycles. The van der Waals surface area contributed by atoms with Gasteiger partial charge in [0.15, 0.2) is 5.58 Å². The maximum Gasteiger partial charge on any atom is 0.333 e. The van der Waals surface area contributed by atoms with Crippen molar-refractivity contribution in [3.05, 3.63) is 163 Å². The van der Waals surface area contributed by atoms with Crippen molar-refractivity contribution in [3.8, 4) is 22.3 Å². The van der Waals surface area contributed by atoms with Gasteiger partial charge < -0.3 is 18.2 Å². The van der Waals surface area contributed by atoms with Crippen molar-refractivity contribution < 1.29 is 8.83 Å². The normalized spacial score (nSPS) is 13.5. The Kier molecular flexibility index (Phi) is 6.24. The van der Waals surface area contributed by atoms with E-state index in [0.717, 1.165) is 60.8 Å². The van der Waals surface area contributed by atoms with Crippen LogP contribution in [0.25, 0.3) is 97.3 Å². The predicted octanol–water partition coefficient (Wildman–Crippen LogP) is 14.2. The van der Waals surface area contributed by atoms with E-state index in [-0.39, 0.29) is 12.3 Å². The standard InChI is InChI=1S/C54H35BN2O2S/c1-54(2,3)31-24-26-40(37(28-31)30-14-5-4-6-15-30)56-41-29-38-32-16-9-12-23-45(32)60-53(38)47-35-19-13-20-36-49(35)57(50-34-18-8-11-22-43(34)59-52(36)50)55(48(41)47)39-25-27-44-46(51(39)56)33-17-7-10-21-42(33)58-44/h4-29H,1-3H3. The van der Waals surface area contributed by atoms with Gasteiger partial charge in [-0.25, -0.2) is 0 Å². The second kappa shape index (κ2) is 11.4. The summed E-state index contributed by atoms with van der Waals surface area (Å²) >= 11 is 1.91. The van der Waals surface area contributed by atoms with Crippen LogP contribution in [0.4, 0.5) is 17.1 Å². The molecule has 2 aliphatic rings. The molecule has 0 bridgehead atoms. The summed E-state index contributed by atoms with van der Waals surface area (Å²) in [7, 11) is 0. The van der Waals surface area contributed by atoms with E-state index >= 15 is 0 Å². The lowest BCUT2D eigenvalue weighted by Gasteiger charge is -2.41. The van der Waals surface area contributed by atoms with E-state index in [1.165, 1.54) is 70.1 Å². The van der Waals surface area contributed by atoms with Gasteiger partial charge in [0.2, 0.25) is 0 Å². The summed E-state index contributed by atoms with van der Waals surface area (Å²) in [4.78, 5) is 2.61. The van der Waals surface area contributed by atoms with Gasteiger partial charge in [-0.05, 0) is 82.1 Å². The van der Waals surface area contributed by atoms with Crippen LogP contribution >= 0.6 is 11.3 Å². The van der Waals surface area contributed by atoms with Crippen LogP contribution in [-0.2, 0) is 5.41 Å². The molecule has 14 rings (SSSR count). The highest BCUT2D eigenvalue weighted by atomic mass is 32.1. The van der Waals surface area contributed by atoms with Gasteiger partial charge in [-0.15, -0.1) is 11.3 Å². The van der Waals surface area contributed by atoms with Crippen molar-refractivity contribution in [2.24, 2.45) is 0 Å². The van der Waals surface area contributed by atoms with Gasteiger partial charge in [0.1, 0.15) is 16.7 Å². The Bertz CT molecular complexity index is 3840. The minimum absolute atomic E-state index is 0.0447. The summed E-state index contributed by atoms with van der Waals surface area (Å²) in [6.07, 6.45) is 0. The van der Waals surface area contributed by atoms with E-state index in [1.54, 1.807) is 0 Å². The molecule has 282 valence electrons. The van der Waals surface area contributed by atoms with E-state index in [9.17, 15) is 0 Å². The molecule has 0 fully saturated rings. The third-order valence-electron chi connectivity index (χ3n) is 13.3. The Morgan fingerprint density at radius 2 is 1.28 bits per heavy atom. The van der Waals surface area contributed by atoms with E-state index in [2.05, 4.69) is 188 Å². The summed E-state index contributed by atoms with van der Waals surface area (Å²) in [5, 5.41) is 7.07. The van der Waals surface area contributed by atoms with E-state index in [4.69, 9.17) is 8.83 Å². The van der Waals surface area contributed by atoms with Gasteiger partial charge in [0.05, 0.1) is 22.3 Å². The van der Waals surface area contributed by atoms with Crippen LogP contribution in [0, 0.1) is 0 Å². The van der Waals surface area contributed by atoms with Crippen molar-refractivity contribution in [2.45, 2.75) is 26.2 Å². The fourth-order valence-corrected chi connectivity index (χ4v) is 12.0. The molecule has 6 heterocycles. The number of anilines is 3. The van der Waals surface area contributed by atoms with Crippen molar-refractivity contribution >= 4 is 121 Å². The summed E-state index contributed by atoms with van der Waals surface area (Å²) in [5.74, 6) is 0. The van der Waals surface area contributed by atoms with E-state index < -0.39 is 0 Å². The highest BCUT2D eigenvalue weighted by Gasteiger charge is 2.46. The quantitative estimate of drug-likeness (QED) is 0.164. The number of nitrogens with zero attached hydrogens (tertiary/aromatic N) is 2. The Morgan fingerprint density at radius 3 is 2.12 bits per heavy atom. The van der Waals surface area contributed by atoms with Crippen molar-refractivity contribution in [1.29, 1.82) is 0 Å². The largest absolute Gasteiger partial charge is 0.456 e. The van der Waals surface area contributed by atoms with E-state index in [0.29, 0.717) is 0 Å². The molecule has 0 radical (unpaired) electrons. The SMILES string of the molecule is CC(C)(C)c1ccc(N2c3cc4c(sc5ccccc54)c4c3B(c3ccc5oc6ccccc6c5c32)n2c3c-4cccc3c3oc4ccccc4c32)c(-c2ccccc2)c1. The van der Waals surface area contributed by atoms with Crippen molar-refractivity contribution in [1.82, 2.24) is 4.48 Å². The number of fused-ring (bicyclic) bond motifs is 17. The van der Waals surface area contributed by atoms with Gasteiger partial charge >= 0.3 is 6.85 Å². The van der Waals surface area contributed by atoms with Crippen LogP contribution in [0.5, 0.6) is 0 Å². The molecule has 4 aromatic heterocycles. The number of benzene rings is 8. The molecule has 0 aliphatic carbocycles. The topological polar surface area (TPSA) is 34.5 Å². The van der Waals surface area contributed by atoms with Gasteiger partial charge in [-0.1, -0.05) is 124 Å². The predicted molar refractivity (Wildman–Crippen MR) is 254 cm³/mol. The third-order valence-corrected chi connectivity index (χ3v) is 14.5. The Balaban J connectivity index is 1.24. The van der Waals surface area contributed by atoms with Crippen molar-refractivity contribution in [3.63, 3.8) is 0 Å². The lowest BCUT2D eigenvalue weighted by Crippen LogP contribution is -2.56. The summed E-state index contributed by atoms with van der Waals surface area (Å²) in [5.41, 5.74) is 18.2. The van der Waals surface area contributed by atoms with Gasteiger partial charge in [-0.3, -0.25) is 0 Å². The number of rotatable bonds is 2. The van der Waals surface area contributed by atoms with Gasteiger partial charge in [0.25, 0.3) is 0 Å². The first-order chi connectivity index (χ1) is 29.4. The molecule has 8 aromatic carbocycles. The first-order valence-corrected chi connectivity index (χ1v) is 21.6. The second-order valence-corrected chi connectivity index (χ2v) is 18.6. The second-order valence-electron chi connectivity index (χ2n) is 17.6. The minimum atomic E-state index is -0.154. The minimum Gasteiger partial charge on any atom is -0.456 e.